The van der Waals surface area contributed by atoms with Crippen LogP contribution in [0.25, 0.3) is 0 Å². The summed E-state index contributed by atoms with van der Waals surface area (Å²) in [5.41, 5.74) is -4.21. The van der Waals surface area contributed by atoms with E-state index in [-0.39, 0.29) is 63.1 Å². The number of rotatable bonds is 7. The number of ether oxygens (including phenoxy) is 1. The van der Waals surface area contributed by atoms with E-state index in [2.05, 4.69) is 15.4 Å². The summed E-state index contributed by atoms with van der Waals surface area (Å²) < 4.78 is 84.7. The van der Waals surface area contributed by atoms with Crippen LogP contribution in [0.3, 0.4) is 0 Å². The summed E-state index contributed by atoms with van der Waals surface area (Å²) >= 11 is 0. The molecular formula is C24H27F6N7O4. The zero-order valence-corrected chi connectivity index (χ0v) is 22.0. The summed E-state index contributed by atoms with van der Waals surface area (Å²) in [6, 6.07) is -0.259. The van der Waals surface area contributed by atoms with Crippen LogP contribution in [-0.4, -0.2) is 83.9 Å². The van der Waals surface area contributed by atoms with Crippen LogP contribution in [0.5, 0.6) is 0 Å². The van der Waals surface area contributed by atoms with E-state index in [4.69, 9.17) is 4.74 Å². The summed E-state index contributed by atoms with van der Waals surface area (Å²) in [7, 11) is 1.38. The fourth-order valence-electron chi connectivity index (χ4n) is 4.75. The SMILES string of the molecule is C[C@@H](COCCC(=O)N1CCN2c3ncc(C(F)(F)F)cc3N(C)C(=O)C[C@@H]2C1)Nc1cn[nH]c(=O)c1C(F)(F)F. The predicted octanol–water partition coefficient (Wildman–Crippen LogP) is 2.49. The van der Waals surface area contributed by atoms with Crippen molar-refractivity contribution in [2.24, 2.45) is 0 Å². The van der Waals surface area contributed by atoms with Crippen LogP contribution in [0.4, 0.5) is 43.5 Å². The van der Waals surface area contributed by atoms with Gasteiger partial charge >= 0.3 is 12.4 Å². The molecule has 224 valence electrons. The number of alkyl halides is 6. The predicted molar refractivity (Wildman–Crippen MR) is 133 cm³/mol. The summed E-state index contributed by atoms with van der Waals surface area (Å²) in [6.45, 7) is 2.05. The lowest BCUT2D eigenvalue weighted by atomic mass is 10.1. The fourth-order valence-corrected chi connectivity index (χ4v) is 4.75. The van der Waals surface area contributed by atoms with Gasteiger partial charge in [0.05, 0.1) is 48.8 Å². The van der Waals surface area contributed by atoms with Crippen LogP contribution < -0.4 is 20.7 Å². The second-order valence-corrected chi connectivity index (χ2v) is 9.76. The summed E-state index contributed by atoms with van der Waals surface area (Å²) in [6.07, 6.45) is -8.02. The minimum Gasteiger partial charge on any atom is -0.379 e. The van der Waals surface area contributed by atoms with E-state index in [9.17, 15) is 40.7 Å². The van der Waals surface area contributed by atoms with Gasteiger partial charge in [-0.15, -0.1) is 0 Å². The Morgan fingerprint density at radius 1 is 1.17 bits per heavy atom. The molecule has 0 aliphatic carbocycles. The number of aromatic nitrogens is 3. The average Bonchev–Trinajstić information content (AvgIpc) is 2.98. The monoisotopic (exact) mass is 591 g/mol. The third-order valence-electron chi connectivity index (χ3n) is 6.80. The number of carbonyl (C=O) groups excluding carboxylic acids is 2. The average molecular weight is 592 g/mol. The number of nitrogens with one attached hydrogen (secondary N) is 2. The first-order valence-electron chi connectivity index (χ1n) is 12.5. The third kappa shape index (κ3) is 6.71. The Morgan fingerprint density at radius 2 is 1.90 bits per heavy atom. The minimum atomic E-state index is -4.89. The summed E-state index contributed by atoms with van der Waals surface area (Å²) in [5, 5.41) is 7.67. The molecule has 17 heteroatoms. The van der Waals surface area contributed by atoms with Gasteiger partial charge in [-0.25, -0.2) is 10.1 Å². The lowest BCUT2D eigenvalue weighted by Crippen LogP contribution is -2.55. The maximum Gasteiger partial charge on any atom is 0.423 e. The van der Waals surface area contributed by atoms with Gasteiger partial charge in [-0.3, -0.25) is 14.4 Å². The number of carbonyl (C=O) groups is 2. The van der Waals surface area contributed by atoms with E-state index < -0.39 is 52.7 Å². The van der Waals surface area contributed by atoms with Crippen LogP contribution in [0.15, 0.2) is 23.3 Å². The van der Waals surface area contributed by atoms with Gasteiger partial charge in [0, 0.05) is 45.3 Å². The molecular weight excluding hydrogens is 564 g/mol. The number of piperazine rings is 1. The van der Waals surface area contributed by atoms with Crippen molar-refractivity contribution in [2.75, 3.05) is 55.0 Å². The first-order valence-corrected chi connectivity index (χ1v) is 12.5. The van der Waals surface area contributed by atoms with Crippen molar-refractivity contribution in [1.82, 2.24) is 20.1 Å². The maximum absolute atomic E-state index is 13.2. The quantitative estimate of drug-likeness (QED) is 0.372. The Labute approximate surface area is 229 Å². The van der Waals surface area contributed by atoms with Gasteiger partial charge < -0.3 is 24.8 Å². The summed E-state index contributed by atoms with van der Waals surface area (Å²) in [5.74, 6) is -0.463. The van der Waals surface area contributed by atoms with E-state index >= 15 is 0 Å². The molecule has 4 heterocycles. The molecule has 0 saturated carbocycles. The fraction of sp³-hybridized carbons (Fsp3) is 0.542. The molecule has 2 N–H and O–H groups in total. The number of pyridine rings is 1. The van der Waals surface area contributed by atoms with Crippen LogP contribution in [0.2, 0.25) is 0 Å². The van der Waals surface area contributed by atoms with E-state index in [1.165, 1.54) is 18.9 Å². The lowest BCUT2D eigenvalue weighted by Gasteiger charge is -2.41. The third-order valence-corrected chi connectivity index (χ3v) is 6.80. The van der Waals surface area contributed by atoms with Crippen LogP contribution in [0.1, 0.15) is 30.9 Å². The second kappa shape index (κ2) is 11.5. The van der Waals surface area contributed by atoms with Gasteiger partial charge in [-0.1, -0.05) is 0 Å². The Morgan fingerprint density at radius 3 is 2.59 bits per heavy atom. The molecule has 11 nitrogen and oxygen atoms in total. The molecule has 2 aliphatic rings. The van der Waals surface area contributed by atoms with E-state index in [1.54, 1.807) is 10.00 Å². The highest BCUT2D eigenvalue weighted by molar-refractivity contribution is 5.98. The highest BCUT2D eigenvalue weighted by Crippen LogP contribution is 2.38. The number of fused-ring (bicyclic) bond motifs is 3. The molecule has 0 spiro atoms. The Hall–Kier alpha value is -3.89. The van der Waals surface area contributed by atoms with Crippen molar-refractivity contribution < 1.29 is 40.7 Å². The number of hydrogen-bond acceptors (Lipinski definition) is 8. The van der Waals surface area contributed by atoms with Crippen molar-refractivity contribution in [3.8, 4) is 0 Å². The standard InChI is InChI=1S/C24H27F6N7O4/c1-13(33-16-10-32-34-22(40)20(16)24(28,29)30)12-41-6-3-18(38)36-4-5-37-15(11-36)8-19(39)35(2)17-7-14(23(25,26)27)9-31-21(17)37/h7,9-10,13,15H,3-6,8,11-12H2,1-2H3,(H2,33,34,40)/t13-,15+/m0/s1. The van der Waals surface area contributed by atoms with Crippen molar-refractivity contribution in [3.05, 3.63) is 39.9 Å². The number of hydrogen-bond donors (Lipinski definition) is 2. The number of nitrogens with zero attached hydrogens (tertiary/aromatic N) is 5. The first kappa shape index (κ1) is 30.1. The minimum absolute atomic E-state index is 0.0330. The van der Waals surface area contributed by atoms with Crippen molar-refractivity contribution >= 4 is 29.0 Å². The van der Waals surface area contributed by atoms with Crippen molar-refractivity contribution in [1.29, 1.82) is 0 Å². The number of halogens is 6. The van der Waals surface area contributed by atoms with E-state index in [0.717, 1.165) is 23.4 Å². The first-order chi connectivity index (χ1) is 19.2. The molecule has 4 rings (SSSR count). The Bertz CT molecular complexity index is 1350. The molecule has 2 amide bonds. The van der Waals surface area contributed by atoms with E-state index in [0.29, 0.717) is 0 Å². The smallest absolute Gasteiger partial charge is 0.379 e. The van der Waals surface area contributed by atoms with Gasteiger partial charge in [-0.2, -0.15) is 31.4 Å². The summed E-state index contributed by atoms with van der Waals surface area (Å²) in [4.78, 5) is 45.6. The molecule has 1 saturated heterocycles. The number of anilines is 3. The lowest BCUT2D eigenvalue weighted by molar-refractivity contribution is -0.138. The maximum atomic E-state index is 13.2. The molecule has 2 atom stereocenters. The molecule has 0 bridgehead atoms. The highest BCUT2D eigenvalue weighted by Gasteiger charge is 2.40. The molecule has 0 radical (unpaired) electrons. The molecule has 1 fully saturated rings. The topological polar surface area (TPSA) is 124 Å². The molecule has 2 aromatic rings. The highest BCUT2D eigenvalue weighted by atomic mass is 19.4. The zero-order chi connectivity index (χ0) is 30.1. The second-order valence-electron chi connectivity index (χ2n) is 9.76. The molecule has 0 aromatic carbocycles. The largest absolute Gasteiger partial charge is 0.423 e. The Kier molecular flexibility index (Phi) is 8.46. The van der Waals surface area contributed by atoms with Crippen LogP contribution in [0, 0.1) is 0 Å². The molecule has 0 unspecified atom stereocenters. The van der Waals surface area contributed by atoms with Crippen molar-refractivity contribution in [3.63, 3.8) is 0 Å². The number of aromatic amines is 1. The van der Waals surface area contributed by atoms with Crippen molar-refractivity contribution in [2.45, 2.75) is 44.2 Å². The van der Waals surface area contributed by atoms with Gasteiger partial charge in [0.25, 0.3) is 5.56 Å². The zero-order valence-electron chi connectivity index (χ0n) is 22.0. The van der Waals surface area contributed by atoms with Crippen LogP contribution in [-0.2, 0) is 26.7 Å². The molecule has 41 heavy (non-hydrogen) atoms. The van der Waals surface area contributed by atoms with Gasteiger partial charge in [-0.05, 0) is 13.0 Å². The van der Waals surface area contributed by atoms with Gasteiger partial charge in [0.15, 0.2) is 5.82 Å². The molecule has 2 aliphatic heterocycles. The van der Waals surface area contributed by atoms with Crippen LogP contribution >= 0.6 is 0 Å². The van der Waals surface area contributed by atoms with E-state index in [1.807, 2.05) is 0 Å². The molecule has 2 aromatic heterocycles. The Balaban J connectivity index is 1.31. The normalized spacial score (nSPS) is 18.5. The number of amides is 2. The van der Waals surface area contributed by atoms with Gasteiger partial charge in [0.1, 0.15) is 5.56 Å². The van der Waals surface area contributed by atoms with Gasteiger partial charge in [0.2, 0.25) is 11.8 Å². The number of H-pyrrole nitrogens is 1.